The van der Waals surface area contributed by atoms with Crippen molar-refractivity contribution < 1.29 is 13.2 Å². The molecule has 1 saturated heterocycles. The maximum atomic E-state index is 11.5. The van der Waals surface area contributed by atoms with Crippen molar-refractivity contribution in [2.24, 2.45) is 7.05 Å². The lowest BCUT2D eigenvalue weighted by Crippen LogP contribution is -2.44. The van der Waals surface area contributed by atoms with E-state index < -0.39 is 10.0 Å². The Morgan fingerprint density at radius 3 is 2.52 bits per heavy atom. The number of sulfonamides is 1. The highest BCUT2D eigenvalue weighted by molar-refractivity contribution is 7.88. The van der Waals surface area contributed by atoms with Crippen LogP contribution in [0.4, 0.5) is 0 Å². The summed E-state index contributed by atoms with van der Waals surface area (Å²) in [5.74, 6) is 0.772. The number of hydrogen-bond donors (Lipinski definition) is 1. The van der Waals surface area contributed by atoms with E-state index >= 15 is 0 Å². The smallest absolute Gasteiger partial charge is 0.216 e. The summed E-state index contributed by atoms with van der Waals surface area (Å²) < 4.78 is 31.6. The Bertz CT molecular complexity index is 589. The molecule has 1 aromatic heterocycles. The SMILES string of the molecule is COc1c(CNC2CCN(S(C)(=O)=O)CC2)c(C)nn1C. The monoisotopic (exact) mass is 316 g/mol. The van der Waals surface area contributed by atoms with E-state index in [-0.39, 0.29) is 0 Å². The lowest BCUT2D eigenvalue weighted by Gasteiger charge is -2.30. The van der Waals surface area contributed by atoms with Crippen LogP contribution >= 0.6 is 0 Å². The minimum absolute atomic E-state index is 0.326. The molecule has 0 radical (unpaired) electrons. The van der Waals surface area contributed by atoms with Crippen LogP contribution in [0.25, 0.3) is 0 Å². The molecule has 120 valence electrons. The molecule has 8 heteroatoms. The van der Waals surface area contributed by atoms with Gasteiger partial charge in [-0.2, -0.15) is 5.10 Å². The van der Waals surface area contributed by atoms with Gasteiger partial charge in [-0.15, -0.1) is 0 Å². The highest BCUT2D eigenvalue weighted by Crippen LogP contribution is 2.21. The van der Waals surface area contributed by atoms with Crippen LogP contribution in [0.5, 0.6) is 5.88 Å². The number of rotatable bonds is 5. The van der Waals surface area contributed by atoms with Crippen molar-refractivity contribution in [3.63, 3.8) is 0 Å². The fourth-order valence-electron chi connectivity index (χ4n) is 2.78. The summed E-state index contributed by atoms with van der Waals surface area (Å²) in [5.41, 5.74) is 2.01. The number of ether oxygens (including phenoxy) is 1. The van der Waals surface area contributed by atoms with Gasteiger partial charge in [0.05, 0.1) is 24.6 Å². The van der Waals surface area contributed by atoms with Crippen molar-refractivity contribution in [2.45, 2.75) is 32.4 Å². The fraction of sp³-hybridized carbons (Fsp3) is 0.769. The second-order valence-corrected chi connectivity index (χ2v) is 7.50. The summed E-state index contributed by atoms with van der Waals surface area (Å²) in [6.45, 7) is 3.82. The number of nitrogens with one attached hydrogen (secondary N) is 1. The van der Waals surface area contributed by atoms with Gasteiger partial charge in [0.25, 0.3) is 0 Å². The van der Waals surface area contributed by atoms with Gasteiger partial charge in [-0.1, -0.05) is 0 Å². The third-order valence-corrected chi connectivity index (χ3v) is 5.28. The molecule has 1 N–H and O–H groups in total. The van der Waals surface area contributed by atoms with Crippen molar-refractivity contribution in [3.8, 4) is 5.88 Å². The van der Waals surface area contributed by atoms with E-state index in [9.17, 15) is 8.42 Å². The summed E-state index contributed by atoms with van der Waals surface area (Å²) in [6.07, 6.45) is 2.92. The molecule has 0 saturated carbocycles. The van der Waals surface area contributed by atoms with Crippen LogP contribution in [0.1, 0.15) is 24.1 Å². The van der Waals surface area contributed by atoms with Gasteiger partial charge in [0.2, 0.25) is 15.9 Å². The Labute approximate surface area is 126 Å². The van der Waals surface area contributed by atoms with Crippen molar-refractivity contribution in [2.75, 3.05) is 26.5 Å². The lowest BCUT2D eigenvalue weighted by atomic mass is 10.1. The molecule has 0 atom stereocenters. The first-order valence-electron chi connectivity index (χ1n) is 7.08. The van der Waals surface area contributed by atoms with Gasteiger partial charge in [0.15, 0.2) is 0 Å². The first kappa shape index (κ1) is 16.3. The molecule has 1 aliphatic rings. The second kappa shape index (κ2) is 6.33. The molecular formula is C13H24N4O3S. The van der Waals surface area contributed by atoms with Gasteiger partial charge in [-0.05, 0) is 19.8 Å². The largest absolute Gasteiger partial charge is 0.481 e. The molecule has 0 aromatic carbocycles. The van der Waals surface area contributed by atoms with Gasteiger partial charge in [0, 0.05) is 32.7 Å². The maximum absolute atomic E-state index is 11.5. The minimum atomic E-state index is -3.06. The zero-order valence-electron chi connectivity index (χ0n) is 13.1. The van der Waals surface area contributed by atoms with Crippen molar-refractivity contribution in [1.29, 1.82) is 0 Å². The van der Waals surface area contributed by atoms with Crippen LogP contribution in [0.3, 0.4) is 0 Å². The predicted octanol–water partition coefficient (Wildman–Crippen LogP) is 0.251. The van der Waals surface area contributed by atoms with Crippen LogP contribution in [0, 0.1) is 6.92 Å². The van der Waals surface area contributed by atoms with E-state index in [2.05, 4.69) is 10.4 Å². The quantitative estimate of drug-likeness (QED) is 0.843. The first-order chi connectivity index (χ1) is 9.82. The standard InChI is InChI=1S/C13H24N4O3S/c1-10-12(13(20-3)16(2)15-10)9-14-11-5-7-17(8-6-11)21(4,18)19/h11,14H,5-9H2,1-4H3. The van der Waals surface area contributed by atoms with Crippen LogP contribution < -0.4 is 10.1 Å². The average Bonchev–Trinajstić information content (AvgIpc) is 2.69. The van der Waals surface area contributed by atoms with E-state index in [0.29, 0.717) is 25.7 Å². The molecule has 0 spiro atoms. The summed E-state index contributed by atoms with van der Waals surface area (Å²) in [7, 11) is 0.446. The number of aryl methyl sites for hydroxylation is 2. The summed E-state index contributed by atoms with van der Waals surface area (Å²) >= 11 is 0. The molecule has 0 unspecified atom stereocenters. The number of hydrogen-bond acceptors (Lipinski definition) is 5. The van der Waals surface area contributed by atoms with E-state index in [0.717, 1.165) is 30.0 Å². The van der Waals surface area contributed by atoms with Gasteiger partial charge in [-0.3, -0.25) is 0 Å². The molecule has 1 aromatic rings. The third kappa shape index (κ3) is 3.75. The normalized spacial score (nSPS) is 18.1. The third-order valence-electron chi connectivity index (χ3n) is 3.97. The van der Waals surface area contributed by atoms with Gasteiger partial charge in [0.1, 0.15) is 0 Å². The molecule has 2 rings (SSSR count). The van der Waals surface area contributed by atoms with Crippen molar-refractivity contribution in [1.82, 2.24) is 19.4 Å². The Balaban J connectivity index is 1.91. The van der Waals surface area contributed by atoms with Crippen LogP contribution in [-0.4, -0.2) is 55.0 Å². The molecular weight excluding hydrogens is 292 g/mol. The Morgan fingerprint density at radius 2 is 2.00 bits per heavy atom. The highest BCUT2D eigenvalue weighted by Gasteiger charge is 2.25. The van der Waals surface area contributed by atoms with E-state index in [1.165, 1.54) is 6.26 Å². The average molecular weight is 316 g/mol. The van der Waals surface area contributed by atoms with Crippen LogP contribution in [0.15, 0.2) is 0 Å². The highest BCUT2D eigenvalue weighted by atomic mass is 32.2. The topological polar surface area (TPSA) is 76.5 Å². The van der Waals surface area contributed by atoms with Crippen LogP contribution in [-0.2, 0) is 23.6 Å². The van der Waals surface area contributed by atoms with E-state index in [4.69, 9.17) is 4.74 Å². The van der Waals surface area contributed by atoms with Crippen molar-refractivity contribution >= 4 is 10.0 Å². The molecule has 0 amide bonds. The second-order valence-electron chi connectivity index (χ2n) is 5.51. The predicted molar refractivity (Wildman–Crippen MR) is 80.8 cm³/mol. The molecule has 2 heterocycles. The Kier molecular flexibility index (Phi) is 4.90. The van der Waals surface area contributed by atoms with Crippen LogP contribution in [0.2, 0.25) is 0 Å². The summed E-state index contributed by atoms with van der Waals surface area (Å²) in [5, 5.41) is 7.84. The molecule has 0 bridgehead atoms. The summed E-state index contributed by atoms with van der Waals surface area (Å²) in [6, 6.07) is 0.326. The van der Waals surface area contributed by atoms with Gasteiger partial charge in [-0.25, -0.2) is 17.4 Å². The molecule has 7 nitrogen and oxygen atoms in total. The molecule has 0 aliphatic carbocycles. The van der Waals surface area contributed by atoms with Gasteiger partial charge < -0.3 is 10.1 Å². The van der Waals surface area contributed by atoms with Gasteiger partial charge >= 0.3 is 0 Å². The lowest BCUT2D eigenvalue weighted by molar-refractivity contribution is 0.288. The number of methoxy groups -OCH3 is 1. The molecule has 1 fully saturated rings. The minimum Gasteiger partial charge on any atom is -0.481 e. The van der Waals surface area contributed by atoms with E-state index in [1.807, 2.05) is 14.0 Å². The van der Waals surface area contributed by atoms with E-state index in [1.54, 1.807) is 16.1 Å². The Hall–Kier alpha value is -1.12. The summed E-state index contributed by atoms with van der Waals surface area (Å²) in [4.78, 5) is 0. The zero-order chi connectivity index (χ0) is 15.6. The molecule has 21 heavy (non-hydrogen) atoms. The number of aromatic nitrogens is 2. The molecule has 1 aliphatic heterocycles. The maximum Gasteiger partial charge on any atom is 0.216 e. The van der Waals surface area contributed by atoms with Crippen molar-refractivity contribution in [3.05, 3.63) is 11.3 Å². The fourth-order valence-corrected chi connectivity index (χ4v) is 3.65. The number of nitrogens with zero attached hydrogens (tertiary/aromatic N) is 3. The number of piperidine rings is 1. The first-order valence-corrected chi connectivity index (χ1v) is 8.92. The zero-order valence-corrected chi connectivity index (χ0v) is 13.9. The Morgan fingerprint density at radius 1 is 1.38 bits per heavy atom.